The topological polar surface area (TPSA) is 106 Å². The summed E-state index contributed by atoms with van der Waals surface area (Å²) in [5, 5.41) is 6.68. The van der Waals surface area contributed by atoms with E-state index in [-0.39, 0.29) is 0 Å². The Morgan fingerprint density at radius 3 is 2.71 bits per heavy atom. The molecule has 2 aliphatic rings. The number of nitrogens with zero attached hydrogens (tertiary/aromatic N) is 7. The SMILES string of the molecule is c1cnc(Nc2nc(NCCN3CCOCC3)c3ncn(C4CCCCC4)c3n2)cn1. The Balaban J connectivity index is 1.41. The summed E-state index contributed by atoms with van der Waals surface area (Å²) < 4.78 is 7.67. The highest BCUT2D eigenvalue weighted by molar-refractivity contribution is 5.84. The fourth-order valence-corrected chi connectivity index (χ4v) is 4.36. The zero-order chi connectivity index (χ0) is 20.9. The Morgan fingerprint density at radius 2 is 1.90 bits per heavy atom. The van der Waals surface area contributed by atoms with Crippen LogP contribution in [0.5, 0.6) is 0 Å². The van der Waals surface area contributed by atoms with Crippen LogP contribution in [0, 0.1) is 0 Å². The normalized spacial score (nSPS) is 18.3. The second-order valence-corrected chi connectivity index (χ2v) is 8.11. The molecule has 0 radical (unpaired) electrons. The molecule has 1 aliphatic carbocycles. The highest BCUT2D eigenvalue weighted by Gasteiger charge is 2.21. The van der Waals surface area contributed by atoms with Crippen LogP contribution in [0.15, 0.2) is 24.9 Å². The smallest absolute Gasteiger partial charge is 0.232 e. The highest BCUT2D eigenvalue weighted by atomic mass is 16.5. The molecule has 1 saturated heterocycles. The molecule has 0 bridgehead atoms. The van der Waals surface area contributed by atoms with Crippen LogP contribution in [0.25, 0.3) is 11.2 Å². The van der Waals surface area contributed by atoms with Gasteiger partial charge in [-0.05, 0) is 12.8 Å². The molecule has 164 valence electrons. The minimum Gasteiger partial charge on any atom is -0.379 e. The zero-order valence-electron chi connectivity index (χ0n) is 17.7. The zero-order valence-corrected chi connectivity index (χ0v) is 17.7. The molecule has 4 heterocycles. The van der Waals surface area contributed by atoms with E-state index in [1.165, 1.54) is 32.1 Å². The van der Waals surface area contributed by atoms with Crippen LogP contribution in [0.3, 0.4) is 0 Å². The molecule has 0 spiro atoms. The van der Waals surface area contributed by atoms with Crippen LogP contribution >= 0.6 is 0 Å². The number of nitrogens with one attached hydrogen (secondary N) is 2. The second-order valence-electron chi connectivity index (χ2n) is 8.11. The van der Waals surface area contributed by atoms with Crippen LogP contribution in [0.2, 0.25) is 0 Å². The number of morpholine rings is 1. The molecule has 0 aromatic carbocycles. The number of aromatic nitrogens is 6. The molecule has 31 heavy (non-hydrogen) atoms. The molecular weight excluding hydrogens is 394 g/mol. The second kappa shape index (κ2) is 9.52. The first-order valence-electron chi connectivity index (χ1n) is 11.2. The summed E-state index contributed by atoms with van der Waals surface area (Å²) in [4.78, 5) is 25.0. The van der Waals surface area contributed by atoms with Crippen molar-refractivity contribution in [3.8, 4) is 0 Å². The van der Waals surface area contributed by atoms with Crippen molar-refractivity contribution in [1.82, 2.24) is 34.4 Å². The summed E-state index contributed by atoms with van der Waals surface area (Å²) in [6.45, 7) is 5.26. The van der Waals surface area contributed by atoms with Gasteiger partial charge in [-0.1, -0.05) is 19.3 Å². The minimum atomic E-state index is 0.444. The molecule has 2 fully saturated rings. The number of rotatable bonds is 7. The quantitative estimate of drug-likeness (QED) is 0.593. The predicted octanol–water partition coefficient (Wildman–Crippen LogP) is 2.61. The molecule has 0 unspecified atom stereocenters. The standard InChI is InChI=1S/C21H29N9O/c1-2-4-16(5-3-1)30-15-25-18-19(24-8-9-29-10-12-31-13-11-29)27-21(28-20(18)30)26-17-14-22-6-7-23-17/h6-7,14-16H,1-5,8-13H2,(H2,23,24,26,27,28). The number of anilines is 3. The van der Waals surface area contributed by atoms with Gasteiger partial charge in [0.15, 0.2) is 22.8 Å². The first-order valence-corrected chi connectivity index (χ1v) is 11.2. The van der Waals surface area contributed by atoms with Gasteiger partial charge in [-0.2, -0.15) is 9.97 Å². The van der Waals surface area contributed by atoms with Gasteiger partial charge >= 0.3 is 0 Å². The average molecular weight is 424 g/mol. The Morgan fingerprint density at radius 1 is 1.03 bits per heavy atom. The number of fused-ring (bicyclic) bond motifs is 1. The van der Waals surface area contributed by atoms with Gasteiger partial charge in [0.1, 0.15) is 0 Å². The lowest BCUT2D eigenvalue weighted by Crippen LogP contribution is -2.39. The number of imidazole rings is 1. The molecule has 10 nitrogen and oxygen atoms in total. The average Bonchev–Trinajstić information content (AvgIpc) is 3.25. The molecular formula is C21H29N9O. The minimum absolute atomic E-state index is 0.444. The molecule has 1 saturated carbocycles. The van der Waals surface area contributed by atoms with Gasteiger partial charge in [-0.3, -0.25) is 9.88 Å². The molecule has 0 amide bonds. The predicted molar refractivity (Wildman–Crippen MR) is 119 cm³/mol. The van der Waals surface area contributed by atoms with Crippen molar-refractivity contribution in [1.29, 1.82) is 0 Å². The van der Waals surface area contributed by atoms with E-state index in [1.807, 2.05) is 6.33 Å². The Bertz CT molecular complexity index is 981. The van der Waals surface area contributed by atoms with E-state index in [0.29, 0.717) is 17.8 Å². The van der Waals surface area contributed by atoms with Crippen LogP contribution in [-0.2, 0) is 4.74 Å². The summed E-state index contributed by atoms with van der Waals surface area (Å²) in [6.07, 6.45) is 13.0. The maximum Gasteiger partial charge on any atom is 0.232 e. The number of ether oxygens (including phenoxy) is 1. The molecule has 2 N–H and O–H groups in total. The Hall–Kier alpha value is -2.85. The van der Waals surface area contributed by atoms with Gasteiger partial charge in [-0.25, -0.2) is 9.97 Å². The van der Waals surface area contributed by atoms with Crippen molar-refractivity contribution in [2.75, 3.05) is 50.0 Å². The van der Waals surface area contributed by atoms with Crippen LogP contribution in [-0.4, -0.2) is 73.8 Å². The van der Waals surface area contributed by atoms with E-state index in [0.717, 1.165) is 56.4 Å². The van der Waals surface area contributed by atoms with Gasteiger partial charge in [0.25, 0.3) is 0 Å². The van der Waals surface area contributed by atoms with Crippen LogP contribution in [0.4, 0.5) is 17.6 Å². The lowest BCUT2D eigenvalue weighted by Gasteiger charge is -2.26. The maximum atomic E-state index is 5.44. The fourth-order valence-electron chi connectivity index (χ4n) is 4.36. The van der Waals surface area contributed by atoms with Gasteiger partial charge < -0.3 is 19.9 Å². The first kappa shape index (κ1) is 20.1. The molecule has 0 atom stereocenters. The van der Waals surface area contributed by atoms with Gasteiger partial charge in [-0.15, -0.1) is 0 Å². The molecule has 3 aromatic heterocycles. The van der Waals surface area contributed by atoms with E-state index in [2.05, 4.69) is 30.1 Å². The van der Waals surface area contributed by atoms with Crippen LogP contribution < -0.4 is 10.6 Å². The first-order chi connectivity index (χ1) is 15.4. The largest absolute Gasteiger partial charge is 0.379 e. The highest BCUT2D eigenvalue weighted by Crippen LogP contribution is 2.32. The Kier molecular flexibility index (Phi) is 6.17. The lowest BCUT2D eigenvalue weighted by molar-refractivity contribution is 0.0398. The summed E-state index contributed by atoms with van der Waals surface area (Å²) >= 11 is 0. The summed E-state index contributed by atoms with van der Waals surface area (Å²) in [5.41, 5.74) is 1.68. The fraction of sp³-hybridized carbons (Fsp3) is 0.571. The van der Waals surface area contributed by atoms with Gasteiger partial charge in [0, 0.05) is 44.6 Å². The number of hydrogen-bond donors (Lipinski definition) is 2. The summed E-state index contributed by atoms with van der Waals surface area (Å²) in [5.74, 6) is 1.86. The molecule has 5 rings (SSSR count). The monoisotopic (exact) mass is 423 g/mol. The van der Waals surface area contributed by atoms with E-state index in [4.69, 9.17) is 19.7 Å². The third-order valence-electron chi connectivity index (χ3n) is 6.02. The molecule has 10 heteroatoms. The van der Waals surface area contributed by atoms with Crippen molar-refractivity contribution in [2.24, 2.45) is 0 Å². The van der Waals surface area contributed by atoms with E-state index in [1.54, 1.807) is 18.6 Å². The van der Waals surface area contributed by atoms with Crippen LogP contribution in [0.1, 0.15) is 38.1 Å². The van der Waals surface area contributed by atoms with Crippen molar-refractivity contribution < 1.29 is 4.74 Å². The van der Waals surface area contributed by atoms with E-state index < -0.39 is 0 Å². The van der Waals surface area contributed by atoms with Crippen molar-refractivity contribution in [2.45, 2.75) is 38.1 Å². The lowest BCUT2D eigenvalue weighted by atomic mass is 9.95. The third kappa shape index (κ3) is 4.75. The van der Waals surface area contributed by atoms with Gasteiger partial charge in [0.2, 0.25) is 5.95 Å². The number of hydrogen-bond acceptors (Lipinski definition) is 9. The molecule has 3 aromatic rings. The Labute approximate surface area is 181 Å². The third-order valence-corrected chi connectivity index (χ3v) is 6.02. The summed E-state index contributed by atoms with van der Waals surface area (Å²) in [7, 11) is 0. The van der Waals surface area contributed by atoms with E-state index >= 15 is 0 Å². The van der Waals surface area contributed by atoms with Crippen molar-refractivity contribution >= 4 is 28.7 Å². The van der Waals surface area contributed by atoms with Crippen molar-refractivity contribution in [3.05, 3.63) is 24.9 Å². The summed E-state index contributed by atoms with van der Waals surface area (Å²) in [6, 6.07) is 0.444. The van der Waals surface area contributed by atoms with Crippen molar-refractivity contribution in [3.63, 3.8) is 0 Å². The molecule has 1 aliphatic heterocycles. The van der Waals surface area contributed by atoms with E-state index in [9.17, 15) is 0 Å². The maximum absolute atomic E-state index is 5.44. The van der Waals surface area contributed by atoms with Gasteiger partial charge in [0.05, 0.1) is 25.7 Å².